The second-order valence-electron chi connectivity index (χ2n) is 4.91. The van der Waals surface area contributed by atoms with Crippen molar-refractivity contribution in [2.45, 2.75) is 19.0 Å². The Bertz CT molecular complexity index is 550. The molecule has 0 aromatic heterocycles. The van der Waals surface area contributed by atoms with Gasteiger partial charge in [0.05, 0.1) is 19.6 Å². The molecule has 0 bridgehead atoms. The molecule has 1 aliphatic heterocycles. The van der Waals surface area contributed by atoms with E-state index in [1.807, 2.05) is 0 Å². The Labute approximate surface area is 122 Å². The Morgan fingerprint density at radius 1 is 1.57 bits per heavy atom. The SMILES string of the molecule is COc1ccc(CN2CCNC(=O)[C@H]2CC(N)=O)c(F)c1. The number of hydrogen-bond donors (Lipinski definition) is 2. The summed E-state index contributed by atoms with van der Waals surface area (Å²) in [7, 11) is 1.46. The van der Waals surface area contributed by atoms with Crippen molar-refractivity contribution >= 4 is 11.8 Å². The van der Waals surface area contributed by atoms with Gasteiger partial charge < -0.3 is 15.8 Å². The van der Waals surface area contributed by atoms with Crippen LogP contribution in [-0.4, -0.2) is 43.0 Å². The Balaban J connectivity index is 2.15. The summed E-state index contributed by atoms with van der Waals surface area (Å²) in [6.07, 6.45) is -0.0798. The summed E-state index contributed by atoms with van der Waals surface area (Å²) in [6.45, 7) is 1.24. The summed E-state index contributed by atoms with van der Waals surface area (Å²) >= 11 is 0. The Hall–Kier alpha value is -2.15. The zero-order chi connectivity index (χ0) is 15.4. The fraction of sp³-hybridized carbons (Fsp3) is 0.429. The Morgan fingerprint density at radius 3 is 2.95 bits per heavy atom. The molecule has 7 heteroatoms. The summed E-state index contributed by atoms with van der Waals surface area (Å²) < 4.78 is 18.9. The summed E-state index contributed by atoms with van der Waals surface area (Å²) in [4.78, 5) is 24.7. The molecule has 2 amide bonds. The van der Waals surface area contributed by atoms with Crippen molar-refractivity contribution in [2.24, 2.45) is 5.73 Å². The average Bonchev–Trinajstić information content (AvgIpc) is 2.44. The van der Waals surface area contributed by atoms with E-state index in [-0.39, 0.29) is 18.9 Å². The van der Waals surface area contributed by atoms with E-state index in [1.165, 1.54) is 13.2 Å². The molecule has 1 aromatic rings. The molecule has 6 nitrogen and oxygen atoms in total. The normalized spacial score (nSPS) is 19.1. The minimum atomic E-state index is -0.655. The highest BCUT2D eigenvalue weighted by molar-refractivity contribution is 5.88. The van der Waals surface area contributed by atoms with Crippen LogP contribution in [0.25, 0.3) is 0 Å². The molecule has 2 rings (SSSR count). The predicted molar refractivity (Wildman–Crippen MR) is 74.0 cm³/mol. The summed E-state index contributed by atoms with van der Waals surface area (Å²) in [5, 5.41) is 2.68. The zero-order valence-corrected chi connectivity index (χ0v) is 11.8. The second kappa shape index (κ2) is 6.53. The molecule has 0 spiro atoms. The number of nitrogens with zero attached hydrogens (tertiary/aromatic N) is 1. The third kappa shape index (κ3) is 3.69. The molecular weight excluding hydrogens is 277 g/mol. The summed E-state index contributed by atoms with van der Waals surface area (Å²) in [5.74, 6) is -0.786. The van der Waals surface area contributed by atoms with Crippen LogP contribution >= 0.6 is 0 Å². The number of carbonyl (C=O) groups excluding carboxylic acids is 2. The summed E-state index contributed by atoms with van der Waals surface area (Å²) in [5.41, 5.74) is 5.62. The lowest BCUT2D eigenvalue weighted by atomic mass is 10.1. The molecule has 1 saturated heterocycles. The van der Waals surface area contributed by atoms with Gasteiger partial charge in [0.2, 0.25) is 11.8 Å². The molecule has 114 valence electrons. The van der Waals surface area contributed by atoms with Gasteiger partial charge in [0.1, 0.15) is 11.6 Å². The standard InChI is InChI=1S/C14H18FN3O3/c1-21-10-3-2-9(11(15)6-10)8-18-5-4-17-14(20)12(18)7-13(16)19/h2-3,6,12H,4-5,7-8H2,1H3,(H2,16,19)(H,17,20)/t12-/m1/s1. The number of benzene rings is 1. The van der Waals surface area contributed by atoms with Crippen LogP contribution in [-0.2, 0) is 16.1 Å². The maximum Gasteiger partial charge on any atom is 0.237 e. The fourth-order valence-corrected chi connectivity index (χ4v) is 2.37. The van der Waals surface area contributed by atoms with E-state index in [2.05, 4.69) is 5.32 Å². The van der Waals surface area contributed by atoms with Crippen molar-refractivity contribution < 1.29 is 18.7 Å². The summed E-state index contributed by atoms with van der Waals surface area (Å²) in [6, 6.07) is 3.91. The van der Waals surface area contributed by atoms with Crippen LogP contribution in [0.3, 0.4) is 0 Å². The maximum atomic E-state index is 14.0. The van der Waals surface area contributed by atoms with E-state index in [0.717, 1.165) is 0 Å². The zero-order valence-electron chi connectivity index (χ0n) is 11.8. The largest absolute Gasteiger partial charge is 0.497 e. The molecule has 0 unspecified atom stereocenters. The molecule has 3 N–H and O–H groups in total. The van der Waals surface area contributed by atoms with E-state index >= 15 is 0 Å². The van der Waals surface area contributed by atoms with Gasteiger partial charge >= 0.3 is 0 Å². The van der Waals surface area contributed by atoms with Gasteiger partial charge in [-0.05, 0) is 6.07 Å². The average molecular weight is 295 g/mol. The Morgan fingerprint density at radius 2 is 2.33 bits per heavy atom. The van der Waals surface area contributed by atoms with E-state index in [0.29, 0.717) is 24.4 Å². The minimum Gasteiger partial charge on any atom is -0.497 e. The van der Waals surface area contributed by atoms with E-state index in [4.69, 9.17) is 10.5 Å². The van der Waals surface area contributed by atoms with Crippen molar-refractivity contribution in [3.05, 3.63) is 29.6 Å². The fourth-order valence-electron chi connectivity index (χ4n) is 2.37. The second-order valence-corrected chi connectivity index (χ2v) is 4.91. The van der Waals surface area contributed by atoms with Crippen molar-refractivity contribution in [1.29, 1.82) is 0 Å². The van der Waals surface area contributed by atoms with Crippen LogP contribution < -0.4 is 15.8 Å². The number of primary amides is 1. The number of nitrogens with one attached hydrogen (secondary N) is 1. The van der Waals surface area contributed by atoms with E-state index < -0.39 is 17.8 Å². The molecule has 1 aromatic carbocycles. The lowest BCUT2D eigenvalue weighted by molar-refractivity contribution is -0.133. The quantitative estimate of drug-likeness (QED) is 0.801. The molecular formula is C14H18FN3O3. The first-order valence-corrected chi connectivity index (χ1v) is 6.63. The van der Waals surface area contributed by atoms with Gasteiger partial charge in [0, 0.05) is 31.3 Å². The molecule has 1 atom stereocenters. The van der Waals surface area contributed by atoms with Crippen LogP contribution in [0.1, 0.15) is 12.0 Å². The molecule has 1 heterocycles. The van der Waals surface area contributed by atoms with Crippen LogP contribution in [0.2, 0.25) is 0 Å². The lowest BCUT2D eigenvalue weighted by Gasteiger charge is -2.34. The van der Waals surface area contributed by atoms with E-state index in [1.54, 1.807) is 17.0 Å². The first kappa shape index (κ1) is 15.2. The number of amides is 2. The van der Waals surface area contributed by atoms with E-state index in [9.17, 15) is 14.0 Å². The molecule has 1 fully saturated rings. The Kier molecular flexibility index (Phi) is 4.74. The molecule has 0 saturated carbocycles. The number of nitrogens with two attached hydrogens (primary N) is 1. The highest BCUT2D eigenvalue weighted by atomic mass is 19.1. The smallest absolute Gasteiger partial charge is 0.237 e. The van der Waals surface area contributed by atoms with Gasteiger partial charge in [-0.3, -0.25) is 14.5 Å². The third-order valence-corrected chi connectivity index (χ3v) is 3.47. The van der Waals surface area contributed by atoms with Gasteiger partial charge in [-0.1, -0.05) is 6.07 Å². The van der Waals surface area contributed by atoms with Crippen molar-refractivity contribution in [2.75, 3.05) is 20.2 Å². The monoisotopic (exact) mass is 295 g/mol. The first-order chi connectivity index (χ1) is 10.0. The number of piperazine rings is 1. The number of carbonyl (C=O) groups is 2. The number of hydrogen-bond acceptors (Lipinski definition) is 4. The predicted octanol–water partition coefficient (Wildman–Crippen LogP) is 0.0101. The van der Waals surface area contributed by atoms with Crippen LogP contribution in [0.4, 0.5) is 4.39 Å². The van der Waals surface area contributed by atoms with Gasteiger partial charge in [-0.25, -0.2) is 4.39 Å². The highest BCUT2D eigenvalue weighted by Crippen LogP contribution is 2.20. The minimum absolute atomic E-state index is 0.0798. The van der Waals surface area contributed by atoms with Gasteiger partial charge in [0.25, 0.3) is 0 Å². The van der Waals surface area contributed by atoms with Crippen molar-refractivity contribution in [3.63, 3.8) is 0 Å². The molecule has 1 aliphatic rings. The van der Waals surface area contributed by atoms with Crippen LogP contribution in [0, 0.1) is 5.82 Å². The molecule has 0 radical (unpaired) electrons. The van der Waals surface area contributed by atoms with Gasteiger partial charge in [0.15, 0.2) is 0 Å². The highest BCUT2D eigenvalue weighted by Gasteiger charge is 2.31. The number of halogens is 1. The van der Waals surface area contributed by atoms with Crippen molar-refractivity contribution in [1.82, 2.24) is 10.2 Å². The molecule has 21 heavy (non-hydrogen) atoms. The van der Waals surface area contributed by atoms with Gasteiger partial charge in [-0.2, -0.15) is 0 Å². The lowest BCUT2D eigenvalue weighted by Crippen LogP contribution is -2.55. The molecule has 0 aliphatic carbocycles. The number of ether oxygens (including phenoxy) is 1. The van der Waals surface area contributed by atoms with Crippen LogP contribution in [0.5, 0.6) is 5.75 Å². The number of methoxy groups -OCH3 is 1. The van der Waals surface area contributed by atoms with Crippen molar-refractivity contribution in [3.8, 4) is 5.75 Å². The maximum absolute atomic E-state index is 14.0. The van der Waals surface area contributed by atoms with Gasteiger partial charge in [-0.15, -0.1) is 0 Å². The topological polar surface area (TPSA) is 84.7 Å². The first-order valence-electron chi connectivity index (χ1n) is 6.63. The third-order valence-electron chi connectivity index (χ3n) is 3.47. The number of rotatable bonds is 5. The van der Waals surface area contributed by atoms with Crippen LogP contribution in [0.15, 0.2) is 18.2 Å².